The van der Waals surface area contributed by atoms with Crippen molar-refractivity contribution in [3.63, 3.8) is 0 Å². The van der Waals surface area contributed by atoms with E-state index in [1.165, 1.54) is 0 Å². The van der Waals surface area contributed by atoms with Crippen LogP contribution in [0.2, 0.25) is 0 Å². The molecule has 0 N–H and O–H groups in total. The zero-order chi connectivity index (χ0) is 14.8. The average molecular weight is 391 g/mol. The Balaban J connectivity index is 0.000000364. The maximum absolute atomic E-state index is 10.3. The molecule has 2 rings (SSSR count). The molecule has 0 aromatic rings. The van der Waals surface area contributed by atoms with Gasteiger partial charge >= 0.3 is 27.3 Å². The molecule has 112 valence electrons. The molecule has 0 aromatic carbocycles. The minimum atomic E-state index is -0.984. The van der Waals surface area contributed by atoms with Crippen LogP contribution in [0.5, 0.6) is 0 Å². The number of carboxylic acids is 2. The van der Waals surface area contributed by atoms with Gasteiger partial charge in [-0.3, -0.25) is 0 Å². The van der Waals surface area contributed by atoms with E-state index in [4.69, 9.17) is 0 Å². The number of carbonyl (C=O) groups is 2. The van der Waals surface area contributed by atoms with Crippen LogP contribution in [0, 0.1) is 0 Å². The molecule has 0 atom stereocenters. The second kappa shape index (κ2) is 11.9. The van der Waals surface area contributed by atoms with Crippen molar-refractivity contribution in [3.05, 3.63) is 23.3 Å². The third kappa shape index (κ3) is 9.06. The number of hydrogen-bond donors (Lipinski definition) is 0. The largest absolute Gasteiger partial charge is 2.00 e. The number of carbonyl (C=O) groups excluding carboxylic acids is 2. The van der Waals surface area contributed by atoms with Gasteiger partial charge in [0.05, 0.1) is 11.9 Å². The van der Waals surface area contributed by atoms with Gasteiger partial charge < -0.3 is 19.8 Å². The smallest absolute Gasteiger partial charge is 0.545 e. The van der Waals surface area contributed by atoms with Crippen LogP contribution >= 0.6 is 0 Å². The molecule has 0 bridgehead atoms. The minimum absolute atomic E-state index is 0. The van der Waals surface area contributed by atoms with Gasteiger partial charge in [0.1, 0.15) is 0 Å². The van der Waals surface area contributed by atoms with Crippen LogP contribution in [0.1, 0.15) is 64.2 Å². The Kier molecular flexibility index (Phi) is 11.6. The maximum atomic E-state index is 10.3. The summed E-state index contributed by atoms with van der Waals surface area (Å²) in [5.74, 6) is -1.97. The van der Waals surface area contributed by atoms with Crippen LogP contribution in [0.15, 0.2) is 23.3 Å². The van der Waals surface area contributed by atoms with Crippen molar-refractivity contribution in [1.82, 2.24) is 0 Å². The van der Waals surface area contributed by atoms with E-state index in [9.17, 15) is 19.8 Å². The first-order valence-corrected chi connectivity index (χ1v) is 7.42. The van der Waals surface area contributed by atoms with Gasteiger partial charge in [-0.05, 0) is 62.5 Å². The molecule has 21 heavy (non-hydrogen) atoms. The van der Waals surface area contributed by atoms with Gasteiger partial charge in [-0.15, -0.1) is 0 Å². The summed E-state index contributed by atoms with van der Waals surface area (Å²) >= 11 is 0. The van der Waals surface area contributed by atoms with E-state index < -0.39 is 11.9 Å². The molecule has 0 fully saturated rings. The van der Waals surface area contributed by atoms with Gasteiger partial charge in [0.25, 0.3) is 0 Å². The van der Waals surface area contributed by atoms with Crippen molar-refractivity contribution in [3.8, 4) is 0 Å². The first kappa shape index (κ1) is 20.3. The predicted octanol–water partition coefficient (Wildman–Crippen LogP) is 1.25. The number of aliphatic carboxylic acids is 2. The van der Waals surface area contributed by atoms with Gasteiger partial charge in [-0.1, -0.05) is 25.0 Å². The molecule has 2 aliphatic rings. The normalized spacial score (nSPS) is 18.5. The summed E-state index contributed by atoms with van der Waals surface area (Å²) in [7, 11) is 0. The molecule has 0 radical (unpaired) electrons. The van der Waals surface area contributed by atoms with E-state index in [1.807, 2.05) is 0 Å². The standard InChI is InChI=1S/2C8H12O2.Cd/c2*9-8(10)7-5-3-1-2-4-6-7;/h2*5H,1-4,6H2,(H,9,10);/q;;+2/p-2. The Morgan fingerprint density at radius 1 is 0.714 bits per heavy atom. The van der Waals surface area contributed by atoms with Crippen LogP contribution in [0.4, 0.5) is 0 Å². The molecule has 0 unspecified atom stereocenters. The van der Waals surface area contributed by atoms with E-state index in [0.29, 0.717) is 24.0 Å². The minimum Gasteiger partial charge on any atom is -0.545 e. The van der Waals surface area contributed by atoms with Gasteiger partial charge in [0.15, 0.2) is 0 Å². The first-order chi connectivity index (χ1) is 9.61. The molecule has 0 amide bonds. The van der Waals surface area contributed by atoms with Crippen molar-refractivity contribution >= 4 is 11.9 Å². The third-order valence-electron chi connectivity index (χ3n) is 3.61. The predicted molar refractivity (Wildman–Crippen MR) is 72.4 cm³/mol. The fraction of sp³-hybridized carbons (Fsp3) is 0.625. The molecule has 0 saturated heterocycles. The first-order valence-electron chi connectivity index (χ1n) is 7.42. The van der Waals surface area contributed by atoms with Gasteiger partial charge in [0.2, 0.25) is 0 Å². The van der Waals surface area contributed by atoms with Crippen LogP contribution < -0.4 is 10.2 Å². The summed E-state index contributed by atoms with van der Waals surface area (Å²) in [5.41, 5.74) is 0.995. The quantitative estimate of drug-likeness (QED) is 0.665. The second-order valence-electron chi connectivity index (χ2n) is 5.23. The molecule has 2 aliphatic carbocycles. The molecule has 0 saturated carbocycles. The van der Waals surface area contributed by atoms with Crippen molar-refractivity contribution < 1.29 is 47.1 Å². The Labute approximate surface area is 146 Å². The molecule has 0 heterocycles. The van der Waals surface area contributed by atoms with E-state index in [-0.39, 0.29) is 27.3 Å². The number of rotatable bonds is 2. The van der Waals surface area contributed by atoms with Gasteiger partial charge in [0, 0.05) is 0 Å². The van der Waals surface area contributed by atoms with Crippen molar-refractivity contribution in [2.45, 2.75) is 64.2 Å². The third-order valence-corrected chi connectivity index (χ3v) is 3.61. The molecule has 0 aliphatic heterocycles. The van der Waals surface area contributed by atoms with Gasteiger partial charge in [-0.25, -0.2) is 0 Å². The number of hydrogen-bond acceptors (Lipinski definition) is 4. The van der Waals surface area contributed by atoms with E-state index in [1.54, 1.807) is 12.2 Å². The van der Waals surface area contributed by atoms with Crippen molar-refractivity contribution in [2.24, 2.45) is 0 Å². The summed E-state index contributed by atoms with van der Waals surface area (Å²) < 4.78 is 0. The fourth-order valence-electron chi connectivity index (χ4n) is 2.40. The zero-order valence-corrected chi connectivity index (χ0v) is 16.6. The van der Waals surface area contributed by atoms with Crippen molar-refractivity contribution in [1.29, 1.82) is 0 Å². The number of carboxylic acid groups (broad SMARTS) is 2. The summed E-state index contributed by atoms with van der Waals surface area (Å²) in [6, 6.07) is 0. The summed E-state index contributed by atoms with van der Waals surface area (Å²) in [6.07, 6.45) is 13.3. The molecular formula is C16H22CdO4. The average Bonchev–Trinajstić information content (AvgIpc) is 2.84. The second-order valence-corrected chi connectivity index (χ2v) is 5.23. The van der Waals surface area contributed by atoms with Crippen LogP contribution in [0.3, 0.4) is 0 Å². The van der Waals surface area contributed by atoms with Crippen LogP contribution in [0.25, 0.3) is 0 Å². The van der Waals surface area contributed by atoms with E-state index in [2.05, 4.69) is 0 Å². The van der Waals surface area contributed by atoms with Crippen LogP contribution in [-0.4, -0.2) is 11.9 Å². The van der Waals surface area contributed by atoms with E-state index >= 15 is 0 Å². The molecule has 5 heteroatoms. The molecule has 0 aromatic heterocycles. The molecule has 0 spiro atoms. The SMILES string of the molecule is O=C([O-])C1=CCCCCC1.O=C([O-])C1=CCCCCC1.[Cd+2]. The Morgan fingerprint density at radius 2 is 1.10 bits per heavy atom. The maximum Gasteiger partial charge on any atom is 2.00 e. The Morgan fingerprint density at radius 3 is 1.43 bits per heavy atom. The summed E-state index contributed by atoms with van der Waals surface area (Å²) in [4.78, 5) is 20.7. The summed E-state index contributed by atoms with van der Waals surface area (Å²) in [6.45, 7) is 0. The fourth-order valence-corrected chi connectivity index (χ4v) is 2.40. The molecular weight excluding hydrogens is 369 g/mol. The summed E-state index contributed by atoms with van der Waals surface area (Å²) in [5, 5.41) is 20.7. The monoisotopic (exact) mass is 392 g/mol. The van der Waals surface area contributed by atoms with Gasteiger partial charge in [-0.2, -0.15) is 0 Å². The molecule has 4 nitrogen and oxygen atoms in total. The zero-order valence-electron chi connectivity index (χ0n) is 12.6. The van der Waals surface area contributed by atoms with E-state index in [0.717, 1.165) is 51.4 Å². The Hall–Kier alpha value is -0.658. The van der Waals surface area contributed by atoms with Crippen LogP contribution in [-0.2, 0) is 36.9 Å². The van der Waals surface area contributed by atoms with Crippen molar-refractivity contribution in [2.75, 3.05) is 0 Å². The topological polar surface area (TPSA) is 80.3 Å². The number of allylic oxidation sites excluding steroid dienone is 2. The Bertz CT molecular complexity index is 361.